The van der Waals surface area contributed by atoms with Gasteiger partial charge in [0.2, 0.25) is 10.0 Å². The van der Waals surface area contributed by atoms with E-state index in [9.17, 15) is 13.2 Å². The maximum Gasteiger partial charge on any atom is 0.352 e. The van der Waals surface area contributed by atoms with Crippen LogP contribution < -0.4 is 0 Å². The maximum atomic E-state index is 12.4. The van der Waals surface area contributed by atoms with Crippen molar-refractivity contribution in [3.63, 3.8) is 0 Å². The third kappa shape index (κ3) is 2.98. The second-order valence-corrected chi connectivity index (χ2v) is 9.04. The molecule has 1 N–H and O–H groups in total. The van der Waals surface area contributed by atoms with Gasteiger partial charge in [0.05, 0.1) is 4.75 Å². The number of carboxylic acids is 1. The quantitative estimate of drug-likeness (QED) is 0.925. The first-order valence-electron chi connectivity index (χ1n) is 7.04. The average molecular weight is 314 g/mol. The van der Waals surface area contributed by atoms with Gasteiger partial charge in [0, 0.05) is 25.3 Å². The Morgan fingerprint density at radius 2 is 1.86 bits per heavy atom. The van der Waals surface area contributed by atoms with Crippen LogP contribution in [-0.4, -0.2) is 46.2 Å². The van der Waals surface area contributed by atoms with Gasteiger partial charge in [-0.15, -0.1) is 0 Å². The molecule has 1 aromatic heterocycles. The summed E-state index contributed by atoms with van der Waals surface area (Å²) in [5.41, 5.74) is 0.257. The molecule has 1 saturated heterocycles. The highest BCUT2D eigenvalue weighted by molar-refractivity contribution is 7.90. The van der Waals surface area contributed by atoms with Gasteiger partial charge in [-0.05, 0) is 45.7 Å². The van der Waals surface area contributed by atoms with Gasteiger partial charge < -0.3 is 9.67 Å². The molecule has 0 spiro atoms. The van der Waals surface area contributed by atoms with Crippen molar-refractivity contribution < 1.29 is 18.3 Å². The molecule has 0 atom stereocenters. The summed E-state index contributed by atoms with van der Waals surface area (Å²) < 4.78 is 27.3. The third-order valence-electron chi connectivity index (χ3n) is 3.93. The van der Waals surface area contributed by atoms with Crippen LogP contribution >= 0.6 is 0 Å². The first kappa shape index (κ1) is 16.0. The standard InChI is InChI=1S/C14H22N2O4S/c1-14(2,3)21(19,20)15-9-6-11(7-10-15)16-8-4-5-12(16)13(17)18/h4-5,8,11H,6-7,9-10H2,1-3H3,(H,17,18). The van der Waals surface area contributed by atoms with Gasteiger partial charge in [-0.25, -0.2) is 17.5 Å². The minimum Gasteiger partial charge on any atom is -0.477 e. The number of rotatable bonds is 3. The minimum absolute atomic E-state index is 0.0394. The van der Waals surface area contributed by atoms with Gasteiger partial charge in [0.1, 0.15) is 5.69 Å². The van der Waals surface area contributed by atoms with Crippen molar-refractivity contribution in [1.29, 1.82) is 0 Å². The fourth-order valence-corrected chi connectivity index (χ4v) is 4.11. The molecule has 118 valence electrons. The predicted molar refractivity (Wildman–Crippen MR) is 79.9 cm³/mol. The summed E-state index contributed by atoms with van der Waals surface area (Å²) in [5, 5.41) is 9.15. The molecule has 1 aliphatic rings. The van der Waals surface area contributed by atoms with Crippen LogP contribution in [0.1, 0.15) is 50.1 Å². The highest BCUT2D eigenvalue weighted by atomic mass is 32.2. The fraction of sp³-hybridized carbons (Fsp3) is 0.643. The van der Waals surface area contributed by atoms with Crippen LogP contribution in [0.2, 0.25) is 0 Å². The molecular formula is C14H22N2O4S. The van der Waals surface area contributed by atoms with Crippen LogP contribution in [0, 0.1) is 0 Å². The van der Waals surface area contributed by atoms with E-state index in [1.807, 2.05) is 0 Å². The number of carbonyl (C=O) groups is 1. The van der Waals surface area contributed by atoms with Crippen molar-refractivity contribution in [1.82, 2.24) is 8.87 Å². The summed E-state index contributed by atoms with van der Waals surface area (Å²) in [6.45, 7) is 5.96. The molecule has 6 nitrogen and oxygen atoms in total. The van der Waals surface area contributed by atoms with Crippen LogP contribution in [0.3, 0.4) is 0 Å². The number of aromatic nitrogens is 1. The van der Waals surface area contributed by atoms with E-state index in [1.165, 1.54) is 4.31 Å². The van der Waals surface area contributed by atoms with Gasteiger partial charge in [-0.1, -0.05) is 0 Å². The summed E-state index contributed by atoms with van der Waals surface area (Å²) in [6, 6.07) is 3.32. The number of aromatic carboxylic acids is 1. The monoisotopic (exact) mass is 314 g/mol. The molecule has 21 heavy (non-hydrogen) atoms. The molecule has 1 aliphatic heterocycles. The van der Waals surface area contributed by atoms with Gasteiger partial charge in [0.25, 0.3) is 0 Å². The van der Waals surface area contributed by atoms with Crippen molar-refractivity contribution in [2.75, 3.05) is 13.1 Å². The van der Waals surface area contributed by atoms with Crippen LogP contribution in [0.15, 0.2) is 18.3 Å². The van der Waals surface area contributed by atoms with E-state index in [2.05, 4.69) is 0 Å². The van der Waals surface area contributed by atoms with Crippen molar-refractivity contribution in [3.8, 4) is 0 Å². The summed E-state index contributed by atoms with van der Waals surface area (Å²) in [5.74, 6) is -0.954. The van der Waals surface area contributed by atoms with Crippen LogP contribution in [0.5, 0.6) is 0 Å². The van der Waals surface area contributed by atoms with Crippen molar-refractivity contribution in [3.05, 3.63) is 24.0 Å². The smallest absolute Gasteiger partial charge is 0.352 e. The van der Waals surface area contributed by atoms with E-state index in [1.54, 1.807) is 43.7 Å². The largest absolute Gasteiger partial charge is 0.477 e. The van der Waals surface area contributed by atoms with E-state index < -0.39 is 20.7 Å². The van der Waals surface area contributed by atoms with E-state index in [-0.39, 0.29) is 11.7 Å². The SMILES string of the molecule is CC(C)(C)S(=O)(=O)N1CCC(n2cccc2C(=O)O)CC1. The van der Waals surface area contributed by atoms with Crippen LogP contribution in [0.4, 0.5) is 0 Å². The topological polar surface area (TPSA) is 79.6 Å². The molecule has 0 unspecified atom stereocenters. The van der Waals surface area contributed by atoms with Gasteiger partial charge in [-0.2, -0.15) is 0 Å². The summed E-state index contributed by atoms with van der Waals surface area (Å²) in [4.78, 5) is 11.2. The average Bonchev–Trinajstić information content (AvgIpc) is 2.86. The highest BCUT2D eigenvalue weighted by Crippen LogP contribution is 2.29. The summed E-state index contributed by atoms with van der Waals surface area (Å²) in [6.07, 6.45) is 3.01. The lowest BCUT2D eigenvalue weighted by atomic mass is 10.1. The Morgan fingerprint density at radius 3 is 2.33 bits per heavy atom. The van der Waals surface area contributed by atoms with E-state index in [0.29, 0.717) is 25.9 Å². The molecule has 0 radical (unpaired) electrons. The Kier molecular flexibility index (Phi) is 4.17. The number of hydrogen-bond donors (Lipinski definition) is 1. The second-order valence-electron chi connectivity index (χ2n) is 6.35. The maximum absolute atomic E-state index is 12.4. The van der Waals surface area contributed by atoms with Gasteiger partial charge >= 0.3 is 5.97 Å². The number of hydrogen-bond acceptors (Lipinski definition) is 3. The van der Waals surface area contributed by atoms with Crippen molar-refractivity contribution >= 4 is 16.0 Å². The highest BCUT2D eigenvalue weighted by Gasteiger charge is 2.37. The first-order chi connectivity index (χ1) is 9.64. The molecule has 0 aromatic carbocycles. The zero-order chi connectivity index (χ0) is 15.8. The Labute approximate surface area is 125 Å². The minimum atomic E-state index is -3.31. The summed E-state index contributed by atoms with van der Waals surface area (Å²) >= 11 is 0. The molecule has 2 heterocycles. The molecule has 7 heteroatoms. The van der Waals surface area contributed by atoms with Crippen LogP contribution in [-0.2, 0) is 10.0 Å². The van der Waals surface area contributed by atoms with Gasteiger partial charge in [0.15, 0.2) is 0 Å². The zero-order valence-corrected chi connectivity index (χ0v) is 13.4. The summed E-state index contributed by atoms with van der Waals surface area (Å²) in [7, 11) is -3.31. The van der Waals surface area contributed by atoms with Crippen molar-refractivity contribution in [2.45, 2.75) is 44.4 Å². The normalized spacial score (nSPS) is 18.8. The Morgan fingerprint density at radius 1 is 1.29 bits per heavy atom. The second kappa shape index (κ2) is 5.46. The fourth-order valence-electron chi connectivity index (χ4n) is 2.64. The first-order valence-corrected chi connectivity index (χ1v) is 8.48. The lowest BCUT2D eigenvalue weighted by Crippen LogP contribution is -2.46. The number of piperidine rings is 1. The zero-order valence-electron chi connectivity index (χ0n) is 12.6. The predicted octanol–water partition coefficient (Wildman–Crippen LogP) is 1.95. The molecule has 1 fully saturated rings. The Bertz CT molecular complexity index is 620. The Balaban J connectivity index is 2.11. The Hall–Kier alpha value is -1.34. The number of nitrogens with zero attached hydrogens (tertiary/aromatic N) is 2. The van der Waals surface area contributed by atoms with E-state index in [0.717, 1.165) is 0 Å². The van der Waals surface area contributed by atoms with E-state index >= 15 is 0 Å². The lowest BCUT2D eigenvalue weighted by molar-refractivity contribution is 0.0680. The lowest BCUT2D eigenvalue weighted by Gasteiger charge is -2.36. The number of sulfonamides is 1. The molecule has 0 bridgehead atoms. The van der Waals surface area contributed by atoms with E-state index in [4.69, 9.17) is 5.11 Å². The third-order valence-corrected chi connectivity index (χ3v) is 6.52. The number of carboxylic acid groups (broad SMARTS) is 1. The van der Waals surface area contributed by atoms with Gasteiger partial charge in [-0.3, -0.25) is 0 Å². The molecule has 0 saturated carbocycles. The molecule has 1 aromatic rings. The molecule has 0 aliphatic carbocycles. The van der Waals surface area contributed by atoms with Crippen LogP contribution in [0.25, 0.3) is 0 Å². The van der Waals surface area contributed by atoms with Crippen molar-refractivity contribution in [2.24, 2.45) is 0 Å². The molecule has 2 rings (SSSR count). The molecule has 0 amide bonds. The molecular weight excluding hydrogens is 292 g/mol.